The van der Waals surface area contributed by atoms with Crippen molar-refractivity contribution in [1.82, 2.24) is 19.6 Å². The summed E-state index contributed by atoms with van der Waals surface area (Å²) in [5.41, 5.74) is 3.05. The molecule has 20 heavy (non-hydrogen) atoms. The van der Waals surface area contributed by atoms with Gasteiger partial charge in [-0.1, -0.05) is 0 Å². The lowest BCUT2D eigenvalue weighted by Gasteiger charge is -2.09. The number of rotatable bonds is 2. The van der Waals surface area contributed by atoms with Crippen molar-refractivity contribution >= 4 is 51.6 Å². The van der Waals surface area contributed by atoms with E-state index in [0.29, 0.717) is 5.78 Å². The van der Waals surface area contributed by atoms with Crippen LogP contribution >= 0.6 is 28.6 Å². The highest BCUT2D eigenvalue weighted by Gasteiger charge is 2.10. The molecule has 1 aliphatic rings. The number of halogens is 1. The van der Waals surface area contributed by atoms with E-state index in [1.165, 1.54) is 11.2 Å². The number of hydrogen-bond donors (Lipinski definition) is 1. The molecule has 100 valence electrons. The third-order valence-electron chi connectivity index (χ3n) is 2.86. The predicted octanol–water partition coefficient (Wildman–Crippen LogP) is 3.98. The second kappa shape index (κ2) is 4.77. The van der Waals surface area contributed by atoms with Gasteiger partial charge in [0.2, 0.25) is 0 Å². The van der Waals surface area contributed by atoms with Crippen molar-refractivity contribution in [3.63, 3.8) is 0 Å². The first kappa shape index (κ1) is 12.2. The number of nitrogens with zero attached hydrogens (tertiary/aromatic N) is 5. The van der Waals surface area contributed by atoms with Gasteiger partial charge in [0.15, 0.2) is 0 Å². The minimum atomic E-state index is -0.111. The Morgan fingerprint density at radius 3 is 3.20 bits per heavy atom. The van der Waals surface area contributed by atoms with Gasteiger partial charge in [0.1, 0.15) is 12.1 Å². The summed E-state index contributed by atoms with van der Waals surface area (Å²) in [5.74, 6) is 1.46. The third kappa shape index (κ3) is 2.08. The average Bonchev–Trinajstić information content (AvgIpc) is 3.05. The largest absolute Gasteiger partial charge is 0.340 e. The SMILES string of the molecule is Cc1cc(Nc2ccc3c(c2)SI=N3)n2ncnc2n1. The normalized spacial score (nSPS) is 13.2. The van der Waals surface area contributed by atoms with Crippen molar-refractivity contribution < 1.29 is 0 Å². The molecule has 1 N–H and O–H groups in total. The van der Waals surface area contributed by atoms with E-state index in [1.807, 2.05) is 28.0 Å². The standard InChI is InChI=1S/C12H9IN6S/c1-7-4-11(19-12(16-7)14-6-15-19)17-8-2-3-9-10(5-8)20-13-18-9/h2-6,17H,1H3. The molecule has 0 saturated carbocycles. The molecule has 0 atom stereocenters. The predicted molar refractivity (Wildman–Crippen MR) is 87.2 cm³/mol. The molecule has 8 heteroatoms. The average molecular weight is 396 g/mol. The van der Waals surface area contributed by atoms with Crippen molar-refractivity contribution in [2.75, 3.05) is 5.32 Å². The van der Waals surface area contributed by atoms with Gasteiger partial charge < -0.3 is 5.32 Å². The van der Waals surface area contributed by atoms with Gasteiger partial charge in [-0.3, -0.25) is 0 Å². The Morgan fingerprint density at radius 1 is 1.30 bits per heavy atom. The van der Waals surface area contributed by atoms with Crippen LogP contribution in [0.1, 0.15) is 5.69 Å². The minimum absolute atomic E-state index is 0.111. The highest BCUT2D eigenvalue weighted by atomic mass is 127. The summed E-state index contributed by atoms with van der Waals surface area (Å²) < 4.78 is 6.21. The molecule has 0 saturated heterocycles. The molecule has 1 aliphatic heterocycles. The summed E-state index contributed by atoms with van der Waals surface area (Å²) >= 11 is -0.111. The number of anilines is 2. The number of aromatic nitrogens is 4. The van der Waals surface area contributed by atoms with Crippen LogP contribution in [0.3, 0.4) is 0 Å². The summed E-state index contributed by atoms with van der Waals surface area (Å²) in [6, 6.07) is 8.19. The summed E-state index contributed by atoms with van der Waals surface area (Å²) in [6.45, 7) is 1.95. The fourth-order valence-corrected chi connectivity index (χ4v) is 5.74. The van der Waals surface area contributed by atoms with Crippen LogP contribution in [-0.4, -0.2) is 19.6 Å². The van der Waals surface area contributed by atoms with Gasteiger partial charge in [-0.25, -0.2) is 8.13 Å². The molecule has 4 rings (SSSR count). The lowest BCUT2D eigenvalue weighted by Crippen LogP contribution is -2.02. The van der Waals surface area contributed by atoms with Gasteiger partial charge in [-0.2, -0.15) is 14.6 Å². The monoisotopic (exact) mass is 396 g/mol. The van der Waals surface area contributed by atoms with E-state index in [2.05, 4.69) is 35.7 Å². The van der Waals surface area contributed by atoms with Crippen molar-refractivity contribution in [3.8, 4) is 0 Å². The molecule has 3 heterocycles. The van der Waals surface area contributed by atoms with E-state index in [4.69, 9.17) is 0 Å². The maximum Gasteiger partial charge on any atom is 0.254 e. The van der Waals surface area contributed by atoms with Crippen molar-refractivity contribution in [3.05, 3.63) is 36.3 Å². The number of aryl methyl sites for hydroxylation is 1. The van der Waals surface area contributed by atoms with E-state index in [-0.39, 0.29) is 19.6 Å². The Morgan fingerprint density at radius 2 is 2.25 bits per heavy atom. The second-order valence-electron chi connectivity index (χ2n) is 4.29. The molecular formula is C12H9IN6S. The van der Waals surface area contributed by atoms with E-state index in [1.54, 1.807) is 4.52 Å². The van der Waals surface area contributed by atoms with E-state index in [9.17, 15) is 0 Å². The second-order valence-corrected chi connectivity index (χ2v) is 8.01. The van der Waals surface area contributed by atoms with Crippen LogP contribution < -0.4 is 5.32 Å². The van der Waals surface area contributed by atoms with Crippen LogP contribution in [0.15, 0.2) is 38.6 Å². The van der Waals surface area contributed by atoms with E-state index in [0.717, 1.165) is 22.9 Å². The number of fused-ring (bicyclic) bond motifs is 2. The van der Waals surface area contributed by atoms with Crippen LogP contribution in [0.25, 0.3) is 5.78 Å². The molecule has 0 bridgehead atoms. The first-order valence-electron chi connectivity index (χ1n) is 5.90. The van der Waals surface area contributed by atoms with Crippen LogP contribution in [0, 0.1) is 6.92 Å². The maximum atomic E-state index is 4.51. The highest BCUT2D eigenvalue weighted by Crippen LogP contribution is 2.48. The molecule has 0 amide bonds. The Labute approximate surface area is 127 Å². The smallest absolute Gasteiger partial charge is 0.254 e. The van der Waals surface area contributed by atoms with Gasteiger partial charge >= 0.3 is 0 Å². The first-order chi connectivity index (χ1) is 9.79. The number of hydrogen-bond acceptors (Lipinski definition) is 6. The van der Waals surface area contributed by atoms with Gasteiger partial charge in [0, 0.05) is 22.3 Å². The molecule has 2 aromatic heterocycles. The Balaban J connectivity index is 1.76. The summed E-state index contributed by atoms with van der Waals surface area (Å²) in [5, 5.41) is 7.57. The maximum absolute atomic E-state index is 4.51. The van der Waals surface area contributed by atoms with Crippen molar-refractivity contribution in [2.45, 2.75) is 11.8 Å². The van der Waals surface area contributed by atoms with Crippen LogP contribution in [-0.2, 0) is 0 Å². The molecule has 0 unspecified atom stereocenters. The lowest BCUT2D eigenvalue weighted by molar-refractivity contribution is 0.937. The zero-order chi connectivity index (χ0) is 13.5. The van der Waals surface area contributed by atoms with Crippen LogP contribution in [0.5, 0.6) is 0 Å². The summed E-state index contributed by atoms with van der Waals surface area (Å²) in [6.07, 6.45) is 1.51. The quantitative estimate of drug-likeness (QED) is 0.664. The number of nitrogens with one attached hydrogen (secondary N) is 1. The summed E-state index contributed by atoms with van der Waals surface area (Å²) in [4.78, 5) is 9.71. The van der Waals surface area contributed by atoms with Crippen LogP contribution in [0.2, 0.25) is 0 Å². The fourth-order valence-electron chi connectivity index (χ4n) is 1.98. The van der Waals surface area contributed by atoms with Crippen LogP contribution in [0.4, 0.5) is 17.2 Å². The molecule has 6 nitrogen and oxygen atoms in total. The molecule has 3 aromatic rings. The van der Waals surface area contributed by atoms with Crippen molar-refractivity contribution in [1.29, 1.82) is 0 Å². The third-order valence-corrected chi connectivity index (χ3v) is 6.61. The molecule has 0 fully saturated rings. The van der Waals surface area contributed by atoms with Gasteiger partial charge in [0.05, 0.1) is 25.3 Å². The summed E-state index contributed by atoms with van der Waals surface area (Å²) in [7, 11) is 1.86. The van der Waals surface area contributed by atoms with Gasteiger partial charge in [-0.05, 0) is 34.1 Å². The molecule has 0 radical (unpaired) electrons. The molecular weight excluding hydrogens is 387 g/mol. The van der Waals surface area contributed by atoms with Gasteiger partial charge in [-0.15, -0.1) is 0 Å². The van der Waals surface area contributed by atoms with E-state index < -0.39 is 0 Å². The highest BCUT2D eigenvalue weighted by molar-refractivity contribution is 14.2. The Hall–Kier alpha value is -1.55. The minimum Gasteiger partial charge on any atom is -0.340 e. The zero-order valence-electron chi connectivity index (χ0n) is 10.4. The topological polar surface area (TPSA) is 67.5 Å². The lowest BCUT2D eigenvalue weighted by atomic mass is 10.3. The van der Waals surface area contributed by atoms with Gasteiger partial charge in [0.25, 0.3) is 5.78 Å². The first-order valence-corrected chi connectivity index (χ1v) is 10.2. The zero-order valence-corrected chi connectivity index (χ0v) is 13.4. The Kier molecular flexibility index (Phi) is 2.91. The molecule has 0 spiro atoms. The molecule has 1 aromatic carbocycles. The number of benzene rings is 1. The van der Waals surface area contributed by atoms with E-state index >= 15 is 0 Å². The Bertz CT molecular complexity index is 843. The fraction of sp³-hybridized carbons (Fsp3) is 0.0833. The molecule has 0 aliphatic carbocycles. The van der Waals surface area contributed by atoms with Crippen molar-refractivity contribution in [2.24, 2.45) is 3.15 Å².